The SMILES string of the molecule is COc1ccccc1.Clc1nc(-c2ccccc2)cs1. The molecule has 4 heteroatoms. The molecule has 3 rings (SSSR count). The first-order chi connectivity index (χ1) is 9.79. The monoisotopic (exact) mass is 303 g/mol. The Morgan fingerprint density at radius 3 is 2.00 bits per heavy atom. The van der Waals surface area contributed by atoms with E-state index < -0.39 is 0 Å². The van der Waals surface area contributed by atoms with Gasteiger partial charge in [0.15, 0.2) is 4.47 Å². The van der Waals surface area contributed by atoms with E-state index in [4.69, 9.17) is 16.3 Å². The zero-order valence-electron chi connectivity index (χ0n) is 11.0. The summed E-state index contributed by atoms with van der Waals surface area (Å²) in [4.78, 5) is 4.16. The molecule has 0 N–H and O–H groups in total. The summed E-state index contributed by atoms with van der Waals surface area (Å²) in [5.74, 6) is 0.910. The van der Waals surface area contributed by atoms with Gasteiger partial charge in [-0.1, -0.05) is 60.1 Å². The number of methoxy groups -OCH3 is 1. The molecule has 2 nitrogen and oxygen atoms in total. The van der Waals surface area contributed by atoms with Gasteiger partial charge in [0.1, 0.15) is 5.75 Å². The molecule has 0 aliphatic heterocycles. The molecule has 1 heterocycles. The van der Waals surface area contributed by atoms with E-state index in [9.17, 15) is 0 Å². The van der Waals surface area contributed by atoms with E-state index in [1.165, 1.54) is 11.3 Å². The maximum Gasteiger partial charge on any atom is 0.184 e. The van der Waals surface area contributed by atoms with Crippen LogP contribution in [0, 0.1) is 0 Å². The molecule has 0 unspecified atom stereocenters. The molecule has 102 valence electrons. The number of thiazole rings is 1. The highest BCUT2D eigenvalue weighted by atomic mass is 35.5. The number of rotatable bonds is 2. The molecular formula is C16H14ClNOS. The Balaban J connectivity index is 0.000000160. The fourth-order valence-electron chi connectivity index (χ4n) is 1.55. The summed E-state index contributed by atoms with van der Waals surface area (Å²) in [6.07, 6.45) is 0. The maximum atomic E-state index is 5.72. The highest BCUT2D eigenvalue weighted by Crippen LogP contribution is 2.23. The first-order valence-corrected chi connectivity index (χ1v) is 7.31. The lowest BCUT2D eigenvalue weighted by Crippen LogP contribution is -1.78. The Morgan fingerprint density at radius 2 is 1.55 bits per heavy atom. The predicted molar refractivity (Wildman–Crippen MR) is 85.6 cm³/mol. The van der Waals surface area contributed by atoms with E-state index in [1.54, 1.807) is 7.11 Å². The van der Waals surface area contributed by atoms with Crippen LogP contribution in [-0.2, 0) is 0 Å². The van der Waals surface area contributed by atoms with Crippen molar-refractivity contribution < 1.29 is 4.74 Å². The van der Waals surface area contributed by atoms with Crippen molar-refractivity contribution in [1.82, 2.24) is 4.98 Å². The first kappa shape index (κ1) is 14.6. The Bertz CT molecular complexity index is 625. The number of aromatic nitrogens is 1. The standard InChI is InChI=1S/C9H6ClNS.C7H8O/c10-9-11-8(6-12-9)7-4-2-1-3-5-7;1-8-7-5-3-2-4-6-7/h1-6H;2-6H,1H3. The fraction of sp³-hybridized carbons (Fsp3) is 0.0625. The normalized spacial score (nSPS) is 9.50. The lowest BCUT2D eigenvalue weighted by Gasteiger charge is -1.93. The number of hydrogen-bond acceptors (Lipinski definition) is 3. The zero-order chi connectivity index (χ0) is 14.2. The van der Waals surface area contributed by atoms with Crippen molar-refractivity contribution in [2.45, 2.75) is 0 Å². The third-order valence-electron chi connectivity index (χ3n) is 2.52. The summed E-state index contributed by atoms with van der Waals surface area (Å²) in [5.41, 5.74) is 2.06. The second kappa shape index (κ2) is 7.68. The molecule has 20 heavy (non-hydrogen) atoms. The van der Waals surface area contributed by atoms with Gasteiger partial charge in [-0.2, -0.15) is 0 Å². The minimum absolute atomic E-state index is 0.592. The first-order valence-electron chi connectivity index (χ1n) is 6.05. The van der Waals surface area contributed by atoms with Gasteiger partial charge >= 0.3 is 0 Å². The van der Waals surface area contributed by atoms with Crippen LogP contribution < -0.4 is 4.74 Å². The van der Waals surface area contributed by atoms with Crippen molar-refractivity contribution in [3.8, 4) is 17.0 Å². The molecule has 3 aromatic rings. The van der Waals surface area contributed by atoms with Crippen molar-refractivity contribution in [3.63, 3.8) is 0 Å². The van der Waals surface area contributed by atoms with Gasteiger partial charge in [0.05, 0.1) is 12.8 Å². The second-order valence-electron chi connectivity index (χ2n) is 3.87. The summed E-state index contributed by atoms with van der Waals surface area (Å²) in [5, 5.41) is 1.96. The lowest BCUT2D eigenvalue weighted by atomic mass is 10.2. The number of para-hydroxylation sites is 1. The molecule has 2 aromatic carbocycles. The molecule has 0 bridgehead atoms. The average molecular weight is 304 g/mol. The van der Waals surface area contributed by atoms with E-state index >= 15 is 0 Å². The van der Waals surface area contributed by atoms with E-state index in [0.29, 0.717) is 4.47 Å². The third-order valence-corrected chi connectivity index (χ3v) is 3.50. The highest BCUT2D eigenvalue weighted by Gasteiger charge is 2.00. The van der Waals surface area contributed by atoms with Crippen LogP contribution >= 0.6 is 22.9 Å². The summed E-state index contributed by atoms with van der Waals surface area (Å²) in [6.45, 7) is 0. The van der Waals surface area contributed by atoms with Crippen LogP contribution in [0.25, 0.3) is 11.3 Å². The number of hydrogen-bond donors (Lipinski definition) is 0. The average Bonchev–Trinajstić information content (AvgIpc) is 2.96. The molecule has 0 saturated heterocycles. The number of nitrogens with zero attached hydrogens (tertiary/aromatic N) is 1. The van der Waals surface area contributed by atoms with E-state index in [-0.39, 0.29) is 0 Å². The van der Waals surface area contributed by atoms with E-state index in [1.807, 2.05) is 66.0 Å². The Kier molecular flexibility index (Phi) is 5.59. The maximum absolute atomic E-state index is 5.72. The van der Waals surface area contributed by atoms with Crippen LogP contribution in [0.2, 0.25) is 4.47 Å². The van der Waals surface area contributed by atoms with Crippen LogP contribution in [-0.4, -0.2) is 12.1 Å². The van der Waals surface area contributed by atoms with Gasteiger partial charge in [0.25, 0.3) is 0 Å². The largest absolute Gasteiger partial charge is 0.497 e. The van der Waals surface area contributed by atoms with E-state index in [2.05, 4.69) is 4.98 Å². The van der Waals surface area contributed by atoms with Gasteiger partial charge in [-0.05, 0) is 12.1 Å². The summed E-state index contributed by atoms with van der Waals surface area (Å²) in [7, 11) is 1.66. The molecular weight excluding hydrogens is 290 g/mol. The molecule has 0 radical (unpaired) electrons. The minimum Gasteiger partial charge on any atom is -0.497 e. The molecule has 1 aromatic heterocycles. The molecule has 0 aliphatic carbocycles. The van der Waals surface area contributed by atoms with Crippen LogP contribution in [0.3, 0.4) is 0 Å². The molecule has 0 spiro atoms. The Labute approximate surface area is 127 Å². The van der Waals surface area contributed by atoms with Gasteiger partial charge < -0.3 is 4.74 Å². The third kappa shape index (κ3) is 4.37. The van der Waals surface area contributed by atoms with Gasteiger partial charge in [0, 0.05) is 10.9 Å². The predicted octanol–water partition coefficient (Wildman–Crippen LogP) is 5.16. The molecule has 0 fully saturated rings. The van der Waals surface area contributed by atoms with Crippen molar-refractivity contribution in [2.75, 3.05) is 7.11 Å². The van der Waals surface area contributed by atoms with E-state index in [0.717, 1.165) is 17.0 Å². The topological polar surface area (TPSA) is 22.1 Å². The second-order valence-corrected chi connectivity index (χ2v) is 5.31. The summed E-state index contributed by atoms with van der Waals surface area (Å²) < 4.78 is 5.51. The van der Waals surface area contributed by atoms with Crippen molar-refractivity contribution in [3.05, 3.63) is 70.5 Å². The summed E-state index contributed by atoms with van der Waals surface area (Å²) in [6, 6.07) is 19.7. The number of ether oxygens (including phenoxy) is 1. The smallest absolute Gasteiger partial charge is 0.184 e. The van der Waals surface area contributed by atoms with Crippen LogP contribution in [0.4, 0.5) is 0 Å². The molecule has 0 aliphatic rings. The quantitative estimate of drug-likeness (QED) is 0.652. The van der Waals surface area contributed by atoms with Gasteiger partial charge in [0.2, 0.25) is 0 Å². The van der Waals surface area contributed by atoms with Crippen LogP contribution in [0.15, 0.2) is 66.0 Å². The minimum atomic E-state index is 0.592. The summed E-state index contributed by atoms with van der Waals surface area (Å²) >= 11 is 7.17. The lowest BCUT2D eigenvalue weighted by molar-refractivity contribution is 0.415. The fourth-order valence-corrected chi connectivity index (χ4v) is 2.32. The number of benzene rings is 2. The van der Waals surface area contributed by atoms with Crippen molar-refractivity contribution in [1.29, 1.82) is 0 Å². The van der Waals surface area contributed by atoms with Gasteiger partial charge in [-0.3, -0.25) is 0 Å². The zero-order valence-corrected chi connectivity index (χ0v) is 12.6. The van der Waals surface area contributed by atoms with Gasteiger partial charge in [-0.15, -0.1) is 11.3 Å². The van der Waals surface area contributed by atoms with Gasteiger partial charge in [-0.25, -0.2) is 4.98 Å². The molecule has 0 saturated carbocycles. The Morgan fingerprint density at radius 1 is 0.950 bits per heavy atom. The number of halogens is 1. The molecule has 0 amide bonds. The van der Waals surface area contributed by atoms with Crippen LogP contribution in [0.1, 0.15) is 0 Å². The van der Waals surface area contributed by atoms with Crippen LogP contribution in [0.5, 0.6) is 5.75 Å². The van der Waals surface area contributed by atoms with Crippen molar-refractivity contribution >= 4 is 22.9 Å². The molecule has 0 atom stereocenters. The Hall–Kier alpha value is -1.84. The van der Waals surface area contributed by atoms with Crippen molar-refractivity contribution in [2.24, 2.45) is 0 Å². The highest BCUT2D eigenvalue weighted by molar-refractivity contribution is 7.14.